The van der Waals surface area contributed by atoms with Gasteiger partial charge in [-0.1, -0.05) is 48.9 Å². The average Bonchev–Trinajstić information content (AvgIpc) is 3.02. The van der Waals surface area contributed by atoms with Crippen molar-refractivity contribution in [3.63, 3.8) is 0 Å². The maximum absolute atomic E-state index is 12.4. The second-order valence-corrected chi connectivity index (χ2v) is 7.97. The first-order valence-electron chi connectivity index (χ1n) is 10.6. The normalized spacial score (nSPS) is 19.1. The highest BCUT2D eigenvalue weighted by molar-refractivity contribution is 6.21. The highest BCUT2D eigenvalue weighted by Crippen LogP contribution is 2.22. The molecule has 1 fully saturated rings. The zero-order valence-corrected chi connectivity index (χ0v) is 17.0. The predicted molar refractivity (Wildman–Crippen MR) is 114 cm³/mol. The summed E-state index contributed by atoms with van der Waals surface area (Å²) in [5.74, 6) is -0.758. The van der Waals surface area contributed by atoms with E-state index in [9.17, 15) is 14.4 Å². The monoisotopic (exact) mass is 405 g/mol. The van der Waals surface area contributed by atoms with Gasteiger partial charge in [0.2, 0.25) is 5.91 Å². The molecule has 6 heteroatoms. The fourth-order valence-corrected chi connectivity index (χ4v) is 4.29. The smallest absolute Gasteiger partial charge is 0.261 e. The Morgan fingerprint density at radius 3 is 2.30 bits per heavy atom. The van der Waals surface area contributed by atoms with Crippen molar-refractivity contribution in [2.24, 2.45) is 0 Å². The van der Waals surface area contributed by atoms with Crippen LogP contribution in [0.4, 0.5) is 0 Å². The number of amides is 3. The summed E-state index contributed by atoms with van der Waals surface area (Å²) in [5.41, 5.74) is 2.12. The maximum atomic E-state index is 12.4. The largest absolute Gasteiger partial charge is 0.354 e. The molecular weight excluding hydrogens is 378 g/mol. The van der Waals surface area contributed by atoms with Crippen molar-refractivity contribution >= 4 is 17.7 Å². The fraction of sp³-hybridized carbons (Fsp3) is 0.375. The standard InChI is InChI=1S/C24H27N3O3/c28-22(13-15-27-23(29)20-11-4-5-12-21(20)24(27)30)25-16-19-10-6-7-14-26(19)17-18-8-2-1-3-9-18/h1-5,8-9,11-12,19H,6-7,10,13-17H2,(H,25,28). The van der Waals surface area contributed by atoms with Crippen molar-refractivity contribution in [1.82, 2.24) is 15.1 Å². The van der Waals surface area contributed by atoms with Crippen LogP contribution in [0, 0.1) is 0 Å². The molecule has 0 radical (unpaired) electrons. The Balaban J connectivity index is 1.27. The number of benzene rings is 2. The van der Waals surface area contributed by atoms with Crippen molar-refractivity contribution in [2.75, 3.05) is 19.6 Å². The first-order valence-corrected chi connectivity index (χ1v) is 10.6. The number of carbonyl (C=O) groups excluding carboxylic acids is 3. The van der Waals surface area contributed by atoms with E-state index in [4.69, 9.17) is 0 Å². The minimum absolute atomic E-state index is 0.108. The van der Waals surface area contributed by atoms with Gasteiger partial charge in [0.25, 0.3) is 11.8 Å². The lowest BCUT2D eigenvalue weighted by molar-refractivity contribution is -0.121. The van der Waals surface area contributed by atoms with Gasteiger partial charge in [-0.05, 0) is 37.1 Å². The lowest BCUT2D eigenvalue weighted by Crippen LogP contribution is -2.46. The lowest BCUT2D eigenvalue weighted by Gasteiger charge is -2.36. The Morgan fingerprint density at radius 1 is 0.933 bits per heavy atom. The molecule has 6 nitrogen and oxygen atoms in total. The van der Waals surface area contributed by atoms with Gasteiger partial charge in [0.05, 0.1) is 11.1 Å². The number of fused-ring (bicyclic) bond motifs is 1. The molecule has 2 aliphatic rings. The number of hydrogen-bond donors (Lipinski definition) is 1. The quantitative estimate of drug-likeness (QED) is 0.719. The van der Waals surface area contributed by atoms with Crippen LogP contribution in [0.2, 0.25) is 0 Å². The zero-order chi connectivity index (χ0) is 20.9. The summed E-state index contributed by atoms with van der Waals surface area (Å²) in [6.45, 7) is 2.62. The Labute approximate surface area is 176 Å². The van der Waals surface area contributed by atoms with E-state index >= 15 is 0 Å². The molecule has 1 saturated heterocycles. The fourth-order valence-electron chi connectivity index (χ4n) is 4.29. The molecule has 0 bridgehead atoms. The van der Waals surface area contributed by atoms with Crippen LogP contribution in [0.3, 0.4) is 0 Å². The number of nitrogens with zero attached hydrogens (tertiary/aromatic N) is 2. The Bertz CT molecular complexity index is 893. The van der Waals surface area contributed by atoms with Gasteiger partial charge in [-0.25, -0.2) is 0 Å². The minimum atomic E-state index is -0.315. The SMILES string of the molecule is O=C(CCN1C(=O)c2ccccc2C1=O)NCC1CCCCN1Cc1ccccc1. The minimum Gasteiger partial charge on any atom is -0.354 e. The van der Waals surface area contributed by atoms with Crippen molar-refractivity contribution in [1.29, 1.82) is 0 Å². The van der Waals surface area contributed by atoms with Gasteiger partial charge in [-0.3, -0.25) is 24.2 Å². The third kappa shape index (κ3) is 4.44. The third-order valence-corrected chi connectivity index (χ3v) is 5.95. The highest BCUT2D eigenvalue weighted by atomic mass is 16.2. The van der Waals surface area contributed by atoms with Crippen molar-refractivity contribution in [3.05, 3.63) is 71.3 Å². The number of carbonyl (C=O) groups is 3. The van der Waals surface area contributed by atoms with Gasteiger partial charge in [0.1, 0.15) is 0 Å². The molecule has 156 valence electrons. The average molecular weight is 405 g/mol. The van der Waals surface area contributed by atoms with Crippen molar-refractivity contribution in [2.45, 2.75) is 38.3 Å². The summed E-state index contributed by atoms with van der Waals surface area (Å²) in [7, 11) is 0. The molecule has 2 aromatic rings. The molecule has 0 saturated carbocycles. The van der Waals surface area contributed by atoms with E-state index in [0.29, 0.717) is 23.7 Å². The van der Waals surface area contributed by atoms with Gasteiger partial charge in [-0.15, -0.1) is 0 Å². The molecule has 2 aromatic carbocycles. The van der Waals surface area contributed by atoms with E-state index in [2.05, 4.69) is 34.5 Å². The highest BCUT2D eigenvalue weighted by Gasteiger charge is 2.35. The first kappa shape index (κ1) is 20.3. The summed E-state index contributed by atoms with van der Waals surface area (Å²) < 4.78 is 0. The summed E-state index contributed by atoms with van der Waals surface area (Å²) in [6.07, 6.45) is 3.53. The number of nitrogens with one attached hydrogen (secondary N) is 1. The molecule has 2 heterocycles. The van der Waals surface area contributed by atoms with E-state index in [1.165, 1.54) is 23.3 Å². The molecule has 1 unspecified atom stereocenters. The Morgan fingerprint density at radius 2 is 1.60 bits per heavy atom. The molecule has 30 heavy (non-hydrogen) atoms. The topological polar surface area (TPSA) is 69.7 Å². The predicted octanol–water partition coefficient (Wildman–Crippen LogP) is 2.84. The number of piperidine rings is 1. The van der Waals surface area contributed by atoms with Gasteiger partial charge >= 0.3 is 0 Å². The number of hydrogen-bond acceptors (Lipinski definition) is 4. The second kappa shape index (κ2) is 9.22. The number of rotatable bonds is 7. The Kier molecular flexibility index (Phi) is 6.23. The molecule has 4 rings (SSSR count). The number of likely N-dealkylation sites (tertiary alicyclic amines) is 1. The van der Waals surface area contributed by atoms with Crippen LogP contribution >= 0.6 is 0 Å². The van der Waals surface area contributed by atoms with Crippen molar-refractivity contribution in [3.8, 4) is 0 Å². The molecule has 0 aromatic heterocycles. The maximum Gasteiger partial charge on any atom is 0.261 e. The lowest BCUT2D eigenvalue weighted by atomic mass is 10.0. The molecule has 1 atom stereocenters. The first-order chi connectivity index (χ1) is 14.6. The van der Waals surface area contributed by atoms with Crippen LogP contribution in [0.15, 0.2) is 54.6 Å². The van der Waals surface area contributed by atoms with Gasteiger partial charge in [0.15, 0.2) is 0 Å². The summed E-state index contributed by atoms with van der Waals surface area (Å²) in [6, 6.07) is 17.5. The van der Waals surface area contributed by atoms with E-state index in [-0.39, 0.29) is 30.7 Å². The summed E-state index contributed by atoms with van der Waals surface area (Å²) >= 11 is 0. The molecule has 0 aliphatic carbocycles. The van der Waals surface area contributed by atoms with Gasteiger partial charge in [0, 0.05) is 32.1 Å². The molecule has 3 amide bonds. The second-order valence-electron chi connectivity index (χ2n) is 7.97. The van der Waals surface area contributed by atoms with Crippen LogP contribution in [0.1, 0.15) is 52.0 Å². The van der Waals surface area contributed by atoms with E-state index in [1.54, 1.807) is 24.3 Å². The van der Waals surface area contributed by atoms with E-state index in [0.717, 1.165) is 19.5 Å². The van der Waals surface area contributed by atoms with Gasteiger partial charge < -0.3 is 5.32 Å². The van der Waals surface area contributed by atoms with E-state index in [1.807, 2.05) is 6.07 Å². The molecular formula is C24H27N3O3. The molecule has 1 N–H and O–H groups in total. The Hall–Kier alpha value is -2.99. The molecule has 0 spiro atoms. The summed E-state index contributed by atoms with van der Waals surface area (Å²) in [5, 5.41) is 3.01. The van der Waals surface area contributed by atoms with Crippen LogP contribution < -0.4 is 5.32 Å². The summed E-state index contributed by atoms with van der Waals surface area (Å²) in [4.78, 5) is 40.8. The van der Waals surface area contributed by atoms with E-state index < -0.39 is 0 Å². The van der Waals surface area contributed by atoms with Crippen LogP contribution in [0.5, 0.6) is 0 Å². The zero-order valence-electron chi connectivity index (χ0n) is 17.0. The van der Waals surface area contributed by atoms with Gasteiger partial charge in [-0.2, -0.15) is 0 Å². The third-order valence-electron chi connectivity index (χ3n) is 5.95. The van der Waals surface area contributed by atoms with Crippen LogP contribution in [-0.2, 0) is 11.3 Å². The molecule has 2 aliphatic heterocycles. The van der Waals surface area contributed by atoms with Crippen LogP contribution in [0.25, 0.3) is 0 Å². The van der Waals surface area contributed by atoms with Crippen LogP contribution in [-0.4, -0.2) is 53.2 Å². The van der Waals surface area contributed by atoms with Crippen molar-refractivity contribution < 1.29 is 14.4 Å². The number of imide groups is 1.